The Morgan fingerprint density at radius 1 is 1.35 bits per heavy atom. The molecule has 1 aromatic rings. The molecule has 0 amide bonds. The highest BCUT2D eigenvalue weighted by molar-refractivity contribution is 6.16. The summed E-state index contributed by atoms with van der Waals surface area (Å²) in [5.74, 6) is 0.955. The summed E-state index contributed by atoms with van der Waals surface area (Å²) >= 11 is 0. The Morgan fingerprint density at radius 3 is 3.00 bits per heavy atom. The number of nitrogens with one attached hydrogen (secondary N) is 1. The number of anilines is 1. The minimum absolute atomic E-state index is 0.0432. The fourth-order valence-corrected chi connectivity index (χ4v) is 2.21. The maximum atomic E-state index is 12.0. The maximum absolute atomic E-state index is 12.0. The number of aromatic nitrogens is 2. The molecule has 2 heterocycles. The van der Waals surface area contributed by atoms with Crippen LogP contribution in [0.15, 0.2) is 20.9 Å². The van der Waals surface area contributed by atoms with E-state index in [0.29, 0.717) is 23.6 Å². The van der Waals surface area contributed by atoms with Gasteiger partial charge in [0.15, 0.2) is 5.78 Å². The lowest BCUT2D eigenvalue weighted by Crippen LogP contribution is -2.28. The minimum atomic E-state index is -0.0432. The van der Waals surface area contributed by atoms with Gasteiger partial charge in [-0.15, -0.1) is 0 Å². The Balaban J connectivity index is 2.06. The quantitative estimate of drug-likeness (QED) is 0.738. The third-order valence-electron chi connectivity index (χ3n) is 2.98. The van der Waals surface area contributed by atoms with Crippen molar-refractivity contribution in [2.45, 2.75) is 26.7 Å². The lowest BCUT2D eigenvalue weighted by molar-refractivity contribution is -0.117. The normalized spacial score (nSPS) is 21.6. The molecule has 0 bridgehead atoms. The number of allylic oxidation sites excluding steroid dienone is 2. The van der Waals surface area contributed by atoms with Crippen LogP contribution in [0.5, 0.6) is 0 Å². The molecule has 3 rings (SSSR count). The van der Waals surface area contributed by atoms with E-state index in [4.69, 9.17) is 0 Å². The smallest absolute Gasteiger partial charge is 0.241 e. The fourth-order valence-electron chi connectivity index (χ4n) is 2.21. The van der Waals surface area contributed by atoms with Gasteiger partial charge in [0.05, 0.1) is 5.57 Å². The highest BCUT2D eigenvalue weighted by Crippen LogP contribution is 2.38. The summed E-state index contributed by atoms with van der Waals surface area (Å²) in [6, 6.07) is 0. The molecule has 2 aliphatic rings. The summed E-state index contributed by atoms with van der Waals surface area (Å²) in [5, 5.41) is 10.5. The van der Waals surface area contributed by atoms with Gasteiger partial charge in [-0.05, 0) is 22.1 Å². The fraction of sp³-hybridized carbons (Fsp3) is 0.455. The van der Waals surface area contributed by atoms with E-state index < -0.39 is 0 Å². The summed E-state index contributed by atoms with van der Waals surface area (Å²) < 4.78 is 4.60. The van der Waals surface area contributed by atoms with Gasteiger partial charge in [-0.2, -0.15) is 0 Å². The Labute approximate surface area is 97.8 Å². The average Bonchev–Trinajstić information content (AvgIpc) is 2.56. The van der Waals surface area contributed by atoms with Gasteiger partial charge in [0.25, 0.3) is 0 Å². The van der Waals surface area contributed by atoms with Crippen molar-refractivity contribution in [3.63, 3.8) is 0 Å². The maximum Gasteiger partial charge on any atom is 0.241 e. The zero-order valence-corrected chi connectivity index (χ0v) is 9.65. The van der Waals surface area contributed by atoms with Crippen LogP contribution in [-0.2, 0) is 4.79 Å². The van der Waals surface area contributed by atoms with Crippen LogP contribution in [0.3, 0.4) is 0 Å². The van der Waals surface area contributed by atoms with E-state index in [2.05, 4.69) is 39.1 Å². The number of hydrogen-bond donors (Lipinski definition) is 1. The summed E-state index contributed by atoms with van der Waals surface area (Å²) in [7, 11) is 0. The third-order valence-corrected chi connectivity index (χ3v) is 2.98. The van der Waals surface area contributed by atoms with Crippen molar-refractivity contribution in [1.82, 2.24) is 10.3 Å². The molecule has 1 aliphatic heterocycles. The minimum Gasteiger partial charge on any atom is -0.337 e. The van der Waals surface area contributed by atoms with Gasteiger partial charge >= 0.3 is 0 Å². The van der Waals surface area contributed by atoms with Gasteiger partial charge in [-0.1, -0.05) is 13.8 Å². The van der Waals surface area contributed by atoms with Crippen LogP contribution in [0, 0.1) is 5.41 Å². The first-order chi connectivity index (χ1) is 8.05. The highest BCUT2D eigenvalue weighted by Gasteiger charge is 2.34. The van der Waals surface area contributed by atoms with Crippen LogP contribution >= 0.6 is 0 Å². The number of Topliss-reactive ketones (excluding diaryl/α,β-unsaturated/α-hetero) is 1. The Bertz CT molecular complexity index is 554. The van der Waals surface area contributed by atoms with Crippen molar-refractivity contribution in [2.24, 2.45) is 10.4 Å². The van der Waals surface area contributed by atoms with Gasteiger partial charge in [0.1, 0.15) is 0 Å². The molecule has 0 fully saturated rings. The second kappa shape index (κ2) is 3.26. The van der Waals surface area contributed by atoms with Crippen LogP contribution in [0.2, 0.25) is 0 Å². The molecule has 0 radical (unpaired) electrons. The lowest BCUT2D eigenvalue weighted by atomic mass is 9.76. The molecule has 0 unspecified atom stereocenters. The number of carbonyl (C=O) groups is 1. The number of carbonyl (C=O) groups excluding carboxylic acids is 1. The topological polar surface area (TPSA) is 80.4 Å². The molecule has 17 heavy (non-hydrogen) atoms. The van der Waals surface area contributed by atoms with Crippen molar-refractivity contribution in [2.75, 3.05) is 5.32 Å². The average molecular weight is 232 g/mol. The van der Waals surface area contributed by atoms with Crippen LogP contribution in [0.4, 0.5) is 11.6 Å². The van der Waals surface area contributed by atoms with Crippen molar-refractivity contribution >= 4 is 23.6 Å². The molecular formula is C11H12N4O2. The zero-order valence-electron chi connectivity index (χ0n) is 9.65. The lowest BCUT2D eigenvalue weighted by Gasteiger charge is -2.30. The van der Waals surface area contributed by atoms with E-state index in [-0.39, 0.29) is 11.2 Å². The van der Waals surface area contributed by atoms with Gasteiger partial charge < -0.3 is 5.32 Å². The first kappa shape index (κ1) is 10.2. The number of ketones is 1. The van der Waals surface area contributed by atoms with Crippen LogP contribution in [0.1, 0.15) is 26.7 Å². The molecule has 0 spiro atoms. The van der Waals surface area contributed by atoms with Crippen molar-refractivity contribution in [3.05, 3.63) is 11.3 Å². The molecule has 0 atom stereocenters. The summed E-state index contributed by atoms with van der Waals surface area (Å²) in [5.41, 5.74) is 1.44. The molecule has 1 N–H and O–H groups in total. The van der Waals surface area contributed by atoms with Crippen LogP contribution in [-0.4, -0.2) is 22.3 Å². The highest BCUT2D eigenvalue weighted by atomic mass is 16.6. The molecular weight excluding hydrogens is 220 g/mol. The number of hydrogen-bond acceptors (Lipinski definition) is 6. The third kappa shape index (κ3) is 1.65. The number of aliphatic imine (C=N–C) groups is 1. The first-order valence-electron chi connectivity index (χ1n) is 5.45. The predicted octanol–water partition coefficient (Wildman–Crippen LogP) is 1.84. The summed E-state index contributed by atoms with van der Waals surface area (Å²) in [6.45, 7) is 4.14. The van der Waals surface area contributed by atoms with E-state index in [0.717, 1.165) is 12.1 Å². The SMILES string of the molecule is CC1(C)CC(=O)C2=C(C1)Nc1nonc1N=C2. The van der Waals surface area contributed by atoms with Crippen LogP contribution in [0.25, 0.3) is 0 Å². The monoisotopic (exact) mass is 232 g/mol. The number of fused-ring (bicyclic) bond motifs is 1. The van der Waals surface area contributed by atoms with Gasteiger partial charge in [-0.25, -0.2) is 9.62 Å². The summed E-state index contributed by atoms with van der Waals surface area (Å²) in [6.07, 6.45) is 2.87. The standard InChI is InChI=1S/C11H12N4O2/c1-11(2)3-7-6(8(16)4-11)5-12-9-10(13-7)15-17-14-9/h5H,3-4H2,1-2H3,(H,13,15). The number of rotatable bonds is 0. The van der Waals surface area contributed by atoms with Gasteiger partial charge in [0, 0.05) is 18.3 Å². The molecule has 0 saturated carbocycles. The van der Waals surface area contributed by atoms with E-state index in [9.17, 15) is 4.79 Å². The first-order valence-corrected chi connectivity index (χ1v) is 5.45. The molecule has 0 saturated heterocycles. The van der Waals surface area contributed by atoms with Crippen molar-refractivity contribution in [1.29, 1.82) is 0 Å². The molecule has 6 heteroatoms. The number of nitrogens with zero attached hydrogens (tertiary/aromatic N) is 3. The second-order valence-electron chi connectivity index (χ2n) is 5.15. The van der Waals surface area contributed by atoms with E-state index >= 15 is 0 Å². The van der Waals surface area contributed by atoms with Gasteiger partial charge in [0.2, 0.25) is 11.6 Å². The zero-order chi connectivity index (χ0) is 12.0. The second-order valence-corrected chi connectivity index (χ2v) is 5.15. The van der Waals surface area contributed by atoms with E-state index in [1.54, 1.807) is 6.21 Å². The van der Waals surface area contributed by atoms with E-state index in [1.165, 1.54) is 0 Å². The molecule has 88 valence electrons. The molecule has 0 aromatic carbocycles. The Morgan fingerprint density at radius 2 is 2.18 bits per heavy atom. The predicted molar refractivity (Wildman–Crippen MR) is 61.1 cm³/mol. The van der Waals surface area contributed by atoms with Crippen molar-refractivity contribution in [3.8, 4) is 0 Å². The largest absolute Gasteiger partial charge is 0.337 e. The summed E-state index contributed by atoms with van der Waals surface area (Å²) in [4.78, 5) is 16.1. The van der Waals surface area contributed by atoms with Gasteiger partial charge in [-0.3, -0.25) is 4.79 Å². The molecule has 6 nitrogen and oxygen atoms in total. The molecule has 1 aliphatic carbocycles. The molecule has 1 aromatic heterocycles. The van der Waals surface area contributed by atoms with E-state index in [1.807, 2.05) is 0 Å². The Kier molecular flexibility index (Phi) is 1.95. The Hall–Kier alpha value is -1.98. The van der Waals surface area contributed by atoms with Crippen molar-refractivity contribution < 1.29 is 9.42 Å². The van der Waals surface area contributed by atoms with Crippen LogP contribution < -0.4 is 5.32 Å².